The summed E-state index contributed by atoms with van der Waals surface area (Å²) in [7, 11) is 2.78. The van der Waals surface area contributed by atoms with Gasteiger partial charge in [0.1, 0.15) is 0 Å². The molecule has 0 aliphatic heterocycles. The van der Waals surface area contributed by atoms with E-state index in [-0.39, 0.29) is 23.5 Å². The Bertz CT molecular complexity index is 617. The van der Waals surface area contributed by atoms with Crippen molar-refractivity contribution in [3.63, 3.8) is 0 Å². The van der Waals surface area contributed by atoms with Gasteiger partial charge in [0.15, 0.2) is 18.1 Å². The van der Waals surface area contributed by atoms with E-state index in [0.717, 1.165) is 6.42 Å². The van der Waals surface area contributed by atoms with Crippen LogP contribution in [-0.2, 0) is 9.53 Å². The number of benzene rings is 1. The highest BCUT2D eigenvalue weighted by Crippen LogP contribution is 2.29. The number of carbonyl (C=O) groups excluding carboxylic acids is 2. The van der Waals surface area contributed by atoms with Gasteiger partial charge in [0.25, 0.3) is 5.91 Å². The van der Waals surface area contributed by atoms with Crippen molar-refractivity contribution in [2.24, 2.45) is 5.41 Å². The number of methoxy groups -OCH3 is 2. The van der Waals surface area contributed by atoms with E-state index in [4.69, 9.17) is 9.47 Å². The molecule has 1 aromatic carbocycles. The number of hydrogen-bond donors (Lipinski definition) is 1. The molecule has 0 aliphatic rings. The van der Waals surface area contributed by atoms with Crippen molar-refractivity contribution in [2.75, 3.05) is 20.8 Å². The highest BCUT2D eigenvalue weighted by atomic mass is 16.5. The van der Waals surface area contributed by atoms with Crippen molar-refractivity contribution >= 4 is 11.9 Å². The second-order valence-corrected chi connectivity index (χ2v) is 7.82. The van der Waals surface area contributed by atoms with E-state index in [2.05, 4.69) is 30.8 Å². The SMILES string of the molecule is COC(=O)c1ccc(OCC(=O)NC(C)(C)CC(C)(C)C)c(OC)c1. The van der Waals surface area contributed by atoms with Gasteiger partial charge in [-0.3, -0.25) is 4.79 Å². The Hall–Kier alpha value is -2.24. The fourth-order valence-corrected chi connectivity index (χ4v) is 2.96. The van der Waals surface area contributed by atoms with Crippen LogP contribution in [0.15, 0.2) is 18.2 Å². The third-order valence-corrected chi connectivity index (χ3v) is 3.39. The van der Waals surface area contributed by atoms with Gasteiger partial charge in [0, 0.05) is 5.54 Å². The fourth-order valence-electron chi connectivity index (χ4n) is 2.96. The largest absolute Gasteiger partial charge is 0.493 e. The lowest BCUT2D eigenvalue weighted by Gasteiger charge is -2.33. The number of hydrogen-bond acceptors (Lipinski definition) is 5. The summed E-state index contributed by atoms with van der Waals surface area (Å²) in [5.74, 6) is 0.0726. The van der Waals surface area contributed by atoms with Crippen molar-refractivity contribution in [1.29, 1.82) is 0 Å². The third-order valence-electron chi connectivity index (χ3n) is 3.39. The van der Waals surface area contributed by atoms with Gasteiger partial charge in [0.2, 0.25) is 0 Å². The first-order valence-corrected chi connectivity index (χ1v) is 8.17. The number of amides is 1. The topological polar surface area (TPSA) is 73.9 Å². The van der Waals surface area contributed by atoms with Gasteiger partial charge in [0.05, 0.1) is 19.8 Å². The predicted molar refractivity (Wildman–Crippen MR) is 96.1 cm³/mol. The first-order valence-electron chi connectivity index (χ1n) is 8.17. The number of nitrogens with one attached hydrogen (secondary N) is 1. The molecule has 0 fully saturated rings. The molecule has 0 aromatic heterocycles. The minimum atomic E-state index is -0.466. The lowest BCUT2D eigenvalue weighted by molar-refractivity contribution is -0.125. The number of ether oxygens (including phenoxy) is 3. The van der Waals surface area contributed by atoms with Gasteiger partial charge in [-0.05, 0) is 43.9 Å². The van der Waals surface area contributed by atoms with Crippen LogP contribution in [-0.4, -0.2) is 38.2 Å². The third kappa shape index (κ3) is 7.03. The van der Waals surface area contributed by atoms with Gasteiger partial charge in [-0.2, -0.15) is 0 Å². The minimum absolute atomic E-state index is 0.102. The van der Waals surface area contributed by atoms with Crippen LogP contribution in [0.4, 0.5) is 0 Å². The molecule has 140 valence electrons. The van der Waals surface area contributed by atoms with Crippen LogP contribution in [0.25, 0.3) is 0 Å². The number of esters is 1. The van der Waals surface area contributed by atoms with E-state index < -0.39 is 5.97 Å². The summed E-state index contributed by atoms with van der Waals surface area (Å²) in [6.45, 7) is 10.2. The van der Waals surface area contributed by atoms with Gasteiger partial charge in [-0.25, -0.2) is 4.79 Å². The van der Waals surface area contributed by atoms with Gasteiger partial charge >= 0.3 is 5.97 Å². The number of rotatable bonds is 7. The summed E-state index contributed by atoms with van der Waals surface area (Å²) < 4.78 is 15.4. The smallest absolute Gasteiger partial charge is 0.337 e. The van der Waals surface area contributed by atoms with E-state index >= 15 is 0 Å². The standard InChI is InChI=1S/C19H29NO5/c1-18(2,3)12-19(4,5)20-16(21)11-25-14-9-8-13(17(22)24-7)10-15(14)23-6/h8-10H,11-12H2,1-7H3,(H,20,21). The van der Waals surface area contributed by atoms with E-state index in [9.17, 15) is 9.59 Å². The Labute approximate surface area is 149 Å². The van der Waals surface area contributed by atoms with Crippen LogP contribution in [0.1, 0.15) is 51.4 Å². The molecule has 1 N–H and O–H groups in total. The molecule has 25 heavy (non-hydrogen) atoms. The van der Waals surface area contributed by atoms with Crippen molar-refractivity contribution in [1.82, 2.24) is 5.32 Å². The molecule has 0 aliphatic carbocycles. The first kappa shape index (κ1) is 20.8. The van der Waals surface area contributed by atoms with E-state index in [1.54, 1.807) is 12.1 Å². The zero-order valence-corrected chi connectivity index (χ0v) is 16.2. The molecular formula is C19H29NO5. The fraction of sp³-hybridized carbons (Fsp3) is 0.579. The molecule has 0 saturated carbocycles. The Kier molecular flexibility index (Phi) is 6.85. The van der Waals surface area contributed by atoms with Crippen LogP contribution in [0.5, 0.6) is 11.5 Å². The molecule has 6 heteroatoms. The van der Waals surface area contributed by atoms with E-state index in [1.165, 1.54) is 20.3 Å². The summed E-state index contributed by atoms with van der Waals surface area (Å²) in [6, 6.07) is 4.66. The zero-order chi connectivity index (χ0) is 19.3. The van der Waals surface area contributed by atoms with E-state index in [1.807, 2.05) is 13.8 Å². The molecular weight excluding hydrogens is 322 g/mol. The summed E-state index contributed by atoms with van der Waals surface area (Å²) in [6.07, 6.45) is 0.836. The summed E-state index contributed by atoms with van der Waals surface area (Å²) in [4.78, 5) is 23.7. The highest BCUT2D eigenvalue weighted by Gasteiger charge is 2.27. The second kappa shape index (κ2) is 8.23. The van der Waals surface area contributed by atoms with Gasteiger partial charge in [-0.15, -0.1) is 0 Å². The summed E-state index contributed by atoms with van der Waals surface area (Å²) >= 11 is 0. The first-order chi connectivity index (χ1) is 11.5. The molecule has 1 amide bonds. The molecule has 0 spiro atoms. The Balaban J connectivity index is 2.71. The summed E-state index contributed by atoms with van der Waals surface area (Å²) in [5, 5.41) is 2.98. The normalized spacial score (nSPS) is 11.6. The maximum absolute atomic E-state index is 12.2. The van der Waals surface area contributed by atoms with Crippen LogP contribution in [0.3, 0.4) is 0 Å². The van der Waals surface area contributed by atoms with Crippen LogP contribution in [0.2, 0.25) is 0 Å². The molecule has 1 aromatic rings. The molecule has 0 unspecified atom stereocenters. The molecule has 6 nitrogen and oxygen atoms in total. The quantitative estimate of drug-likeness (QED) is 0.764. The monoisotopic (exact) mass is 351 g/mol. The Morgan fingerprint density at radius 3 is 2.20 bits per heavy atom. The van der Waals surface area contributed by atoms with Crippen LogP contribution >= 0.6 is 0 Å². The lowest BCUT2D eigenvalue weighted by Crippen LogP contribution is -2.47. The molecule has 1 rings (SSSR count). The van der Waals surface area contributed by atoms with Gasteiger partial charge in [-0.1, -0.05) is 20.8 Å². The Morgan fingerprint density at radius 2 is 1.68 bits per heavy atom. The summed E-state index contributed by atoms with van der Waals surface area (Å²) in [5.41, 5.74) is 0.115. The average Bonchev–Trinajstić information content (AvgIpc) is 2.48. The predicted octanol–water partition coefficient (Wildman–Crippen LogP) is 3.19. The molecule has 0 bridgehead atoms. The van der Waals surface area contributed by atoms with Crippen molar-refractivity contribution in [3.05, 3.63) is 23.8 Å². The average molecular weight is 351 g/mol. The van der Waals surface area contributed by atoms with E-state index in [0.29, 0.717) is 17.1 Å². The maximum atomic E-state index is 12.2. The van der Waals surface area contributed by atoms with Gasteiger partial charge < -0.3 is 19.5 Å². The minimum Gasteiger partial charge on any atom is -0.493 e. The molecule has 0 saturated heterocycles. The number of carbonyl (C=O) groups is 2. The van der Waals surface area contributed by atoms with Crippen molar-refractivity contribution in [2.45, 2.75) is 46.6 Å². The maximum Gasteiger partial charge on any atom is 0.337 e. The second-order valence-electron chi connectivity index (χ2n) is 7.82. The lowest BCUT2D eigenvalue weighted by atomic mass is 9.82. The van der Waals surface area contributed by atoms with Crippen LogP contribution in [0, 0.1) is 5.41 Å². The van der Waals surface area contributed by atoms with Crippen molar-refractivity contribution < 1.29 is 23.8 Å². The van der Waals surface area contributed by atoms with Crippen LogP contribution < -0.4 is 14.8 Å². The van der Waals surface area contributed by atoms with Crippen molar-refractivity contribution in [3.8, 4) is 11.5 Å². The Morgan fingerprint density at radius 1 is 1.04 bits per heavy atom. The molecule has 0 radical (unpaired) electrons. The molecule has 0 atom stereocenters. The highest BCUT2D eigenvalue weighted by molar-refractivity contribution is 5.90. The molecule has 0 heterocycles. The zero-order valence-electron chi connectivity index (χ0n) is 16.2.